The first-order chi connectivity index (χ1) is 23.3. The predicted molar refractivity (Wildman–Crippen MR) is 216 cm³/mol. The van der Waals surface area contributed by atoms with Crippen LogP contribution in [0.5, 0.6) is 0 Å². The molecule has 0 fully saturated rings. The van der Waals surface area contributed by atoms with E-state index in [1.54, 1.807) is 0 Å². The molecule has 0 N–H and O–H groups in total. The van der Waals surface area contributed by atoms with Gasteiger partial charge < -0.3 is 18.2 Å². The summed E-state index contributed by atoms with van der Waals surface area (Å²) in [5.74, 6) is 0. The van der Waals surface area contributed by atoms with E-state index in [4.69, 9.17) is 13.3 Å². The van der Waals surface area contributed by atoms with E-state index in [1.165, 1.54) is 116 Å². The molecule has 3 atom stereocenters. The minimum atomic E-state index is -2.91. The Morgan fingerprint density at radius 3 is 1.12 bits per heavy atom. The Bertz CT molecular complexity index is 673. The Hall–Kier alpha value is -0.723. The van der Waals surface area contributed by atoms with Crippen LogP contribution in [0, 0.1) is 0 Å². The molecule has 3 unspecified atom stereocenters. The Morgan fingerprint density at radius 2 is 0.771 bits per heavy atom. The first-order valence-corrected chi connectivity index (χ1v) is 22.8. The first kappa shape index (κ1) is 47.3. The molecule has 0 bridgehead atoms. The SMILES string of the molecule is CCCCC/C=C\CCC(C)O[Si](CCCCCCCCN(C)C)(OC(C)CC/C=C\CCCCC)OC(C)CC/C=C\CCCCC. The molecule has 0 saturated heterocycles. The lowest BCUT2D eigenvalue weighted by Crippen LogP contribution is -2.51. The fourth-order valence-electron chi connectivity index (χ4n) is 6.07. The maximum Gasteiger partial charge on any atom is 0.501 e. The molecule has 0 saturated carbocycles. The number of rotatable bonds is 36. The van der Waals surface area contributed by atoms with Crippen LogP contribution in [0.2, 0.25) is 6.04 Å². The summed E-state index contributed by atoms with van der Waals surface area (Å²) in [5.41, 5.74) is 0. The van der Waals surface area contributed by atoms with Gasteiger partial charge in [-0.15, -0.1) is 0 Å². The van der Waals surface area contributed by atoms with Crippen LogP contribution >= 0.6 is 0 Å². The predicted octanol–water partition coefficient (Wildman–Crippen LogP) is 13.8. The molecule has 0 aromatic carbocycles. The molecule has 0 aromatic rings. The molecule has 4 nitrogen and oxygen atoms in total. The maximum absolute atomic E-state index is 7.06. The van der Waals surface area contributed by atoms with E-state index in [1.807, 2.05) is 0 Å². The molecule has 5 heteroatoms. The van der Waals surface area contributed by atoms with Gasteiger partial charge in [-0.25, -0.2) is 0 Å². The highest BCUT2D eigenvalue weighted by atomic mass is 28.4. The van der Waals surface area contributed by atoms with Crippen LogP contribution < -0.4 is 0 Å². The summed E-state index contributed by atoms with van der Waals surface area (Å²) in [6, 6.07) is 0.927. The van der Waals surface area contributed by atoms with E-state index in [0.29, 0.717) is 0 Å². The van der Waals surface area contributed by atoms with Gasteiger partial charge >= 0.3 is 8.80 Å². The first-order valence-electron chi connectivity index (χ1n) is 20.9. The van der Waals surface area contributed by atoms with Crippen molar-refractivity contribution < 1.29 is 13.3 Å². The van der Waals surface area contributed by atoms with Crippen LogP contribution in [0.1, 0.15) is 196 Å². The summed E-state index contributed by atoms with van der Waals surface area (Å²) >= 11 is 0. The van der Waals surface area contributed by atoms with Crippen molar-refractivity contribution in [3.05, 3.63) is 36.5 Å². The van der Waals surface area contributed by atoms with E-state index in [9.17, 15) is 0 Å². The summed E-state index contributed by atoms with van der Waals surface area (Å²) in [4.78, 5) is 2.29. The summed E-state index contributed by atoms with van der Waals surface area (Å²) < 4.78 is 21.2. The fraction of sp³-hybridized carbons (Fsp3) is 0.860. The van der Waals surface area contributed by atoms with Crippen LogP contribution in [0.15, 0.2) is 36.5 Å². The highest BCUT2D eigenvalue weighted by molar-refractivity contribution is 6.60. The van der Waals surface area contributed by atoms with Crippen molar-refractivity contribution in [1.29, 1.82) is 0 Å². The van der Waals surface area contributed by atoms with E-state index in [-0.39, 0.29) is 18.3 Å². The van der Waals surface area contributed by atoms with Crippen molar-refractivity contribution in [2.75, 3.05) is 20.6 Å². The number of allylic oxidation sites excluding steroid dienone is 6. The number of hydrogen-bond donors (Lipinski definition) is 0. The molecule has 0 amide bonds. The molecule has 48 heavy (non-hydrogen) atoms. The van der Waals surface area contributed by atoms with Crippen LogP contribution in [0.4, 0.5) is 0 Å². The Balaban J connectivity index is 5.54. The van der Waals surface area contributed by atoms with Crippen LogP contribution in [-0.2, 0) is 13.3 Å². The molecule has 0 aliphatic rings. The summed E-state index contributed by atoms with van der Waals surface area (Å²) in [7, 11) is 1.43. The molecule has 0 aliphatic heterocycles. The second-order valence-electron chi connectivity index (χ2n) is 14.8. The maximum atomic E-state index is 7.06. The summed E-state index contributed by atoms with van der Waals surface area (Å²) in [5, 5.41) is 0. The van der Waals surface area contributed by atoms with Gasteiger partial charge in [0, 0.05) is 24.4 Å². The van der Waals surface area contributed by atoms with Gasteiger partial charge in [-0.3, -0.25) is 0 Å². The second-order valence-corrected chi connectivity index (χ2v) is 17.3. The number of unbranched alkanes of at least 4 members (excludes halogenated alkanes) is 14. The standard InChI is InChI=1S/C43H85NO3Si/c1-9-12-15-18-21-26-31-36-41(4)45-48(40-35-30-25-24-29-34-39-44(7)8,46-42(5)37-32-27-22-19-16-13-10-2)47-43(6)38-33-28-23-20-17-14-11-3/h21-23,26-28,41-43H,9-20,24-25,29-40H2,1-8H3/b26-21-,27-22-,28-23-. The molecule has 0 aromatic heterocycles. The topological polar surface area (TPSA) is 30.9 Å². The molecule has 0 radical (unpaired) electrons. The third kappa shape index (κ3) is 31.3. The minimum absolute atomic E-state index is 0.124. The largest absolute Gasteiger partial charge is 0.501 e. The van der Waals surface area contributed by atoms with Crippen molar-refractivity contribution in [1.82, 2.24) is 4.90 Å². The molecule has 284 valence electrons. The van der Waals surface area contributed by atoms with Gasteiger partial charge in [-0.1, -0.05) is 121 Å². The van der Waals surface area contributed by atoms with Gasteiger partial charge in [0.2, 0.25) is 0 Å². The normalized spacial score (nSPS) is 15.7. The lowest BCUT2D eigenvalue weighted by molar-refractivity contribution is -0.0134. The average molecular weight is 692 g/mol. The molecular formula is C43H85NO3Si. The molecule has 0 spiro atoms. The zero-order valence-electron chi connectivity index (χ0n) is 33.8. The summed E-state index contributed by atoms with van der Waals surface area (Å²) in [6.45, 7) is 14.7. The molecular weight excluding hydrogens is 607 g/mol. The Labute approximate surface area is 303 Å². The second kappa shape index (κ2) is 34.7. The third-order valence-electron chi connectivity index (χ3n) is 9.12. The minimum Gasteiger partial charge on any atom is -0.371 e. The molecule has 0 heterocycles. The smallest absolute Gasteiger partial charge is 0.371 e. The number of hydrogen-bond acceptors (Lipinski definition) is 4. The van der Waals surface area contributed by atoms with E-state index >= 15 is 0 Å². The van der Waals surface area contributed by atoms with Crippen molar-refractivity contribution >= 4 is 8.80 Å². The van der Waals surface area contributed by atoms with Crippen LogP contribution in [-0.4, -0.2) is 52.7 Å². The monoisotopic (exact) mass is 692 g/mol. The fourth-order valence-corrected chi connectivity index (χ4v) is 9.47. The molecule has 0 aliphatic carbocycles. The van der Waals surface area contributed by atoms with Gasteiger partial charge in [0.25, 0.3) is 0 Å². The number of nitrogens with zero attached hydrogens (tertiary/aromatic N) is 1. The zero-order valence-corrected chi connectivity index (χ0v) is 34.8. The quantitative estimate of drug-likeness (QED) is 0.0372. The average Bonchev–Trinajstić information content (AvgIpc) is 3.04. The summed E-state index contributed by atoms with van der Waals surface area (Å²) in [6.07, 6.45) is 43.6. The lowest BCUT2D eigenvalue weighted by Gasteiger charge is -2.37. The Morgan fingerprint density at radius 1 is 0.438 bits per heavy atom. The van der Waals surface area contributed by atoms with Crippen molar-refractivity contribution in [2.24, 2.45) is 0 Å². The highest BCUT2D eigenvalue weighted by Crippen LogP contribution is 2.28. The third-order valence-corrected chi connectivity index (χ3v) is 12.4. The van der Waals surface area contributed by atoms with Crippen LogP contribution in [0.25, 0.3) is 0 Å². The van der Waals surface area contributed by atoms with Crippen molar-refractivity contribution in [2.45, 2.75) is 220 Å². The lowest BCUT2D eigenvalue weighted by atomic mass is 10.1. The zero-order chi connectivity index (χ0) is 35.6. The Kier molecular flexibility index (Phi) is 34.2. The van der Waals surface area contributed by atoms with Gasteiger partial charge in [0.1, 0.15) is 0 Å². The molecule has 0 rings (SSSR count). The van der Waals surface area contributed by atoms with E-state index in [0.717, 1.165) is 51.0 Å². The van der Waals surface area contributed by atoms with Gasteiger partial charge in [-0.05, 0) is 131 Å². The van der Waals surface area contributed by atoms with Crippen molar-refractivity contribution in [3.8, 4) is 0 Å². The van der Waals surface area contributed by atoms with Gasteiger partial charge in [-0.2, -0.15) is 0 Å². The van der Waals surface area contributed by atoms with Crippen molar-refractivity contribution in [3.63, 3.8) is 0 Å². The highest BCUT2D eigenvalue weighted by Gasteiger charge is 2.45. The van der Waals surface area contributed by atoms with Gasteiger partial charge in [0.05, 0.1) is 0 Å². The van der Waals surface area contributed by atoms with Crippen LogP contribution in [0.3, 0.4) is 0 Å². The van der Waals surface area contributed by atoms with E-state index in [2.05, 4.69) is 97.0 Å². The van der Waals surface area contributed by atoms with E-state index < -0.39 is 8.80 Å². The van der Waals surface area contributed by atoms with Gasteiger partial charge in [0.15, 0.2) is 0 Å².